The Hall–Kier alpha value is -6.13. The normalized spacial score (nSPS) is 22.7. The number of benzene rings is 3. The maximum atomic E-state index is 14.6. The molecule has 66 heavy (non-hydrogen) atoms. The standard InChI is InChI=1S/C45H58N10O9S2/c1-25(56)38-45(64)53-36(39(48)58)23-65-66-24-37(54-40(59)31(47)19-26-9-3-2-4-10-26)44(63)51-34(20-27-14-16-29(57)17-15-27)42(61)52-35(21-28-22-49-32-12-6-5-11-30(28)32)43(62)50-33(41(60)55-38)13-7-8-18-46/h2-6,9-12,14-17,22,25,31,33-38,49,56-57H,7-8,13,18-21,23-24,46-47H2,1H3,(H2,48,58)(H,50,62)(H,51,63)(H,52,61)(H,53,64)(H,54,59)(H,55,60)/t25-,31-,33+,34+,35-,36+,37+,38+/m1/s1. The number of aromatic hydroxyl groups is 1. The van der Waals surface area contributed by atoms with Gasteiger partial charge in [0.05, 0.1) is 12.1 Å². The highest BCUT2D eigenvalue weighted by atomic mass is 33.1. The minimum Gasteiger partial charge on any atom is -0.508 e. The zero-order valence-corrected chi connectivity index (χ0v) is 38.0. The van der Waals surface area contributed by atoms with Gasteiger partial charge in [0.2, 0.25) is 41.4 Å². The number of para-hydroxylation sites is 1. The molecule has 0 saturated carbocycles. The van der Waals surface area contributed by atoms with Crippen LogP contribution in [0.3, 0.4) is 0 Å². The van der Waals surface area contributed by atoms with Crippen molar-refractivity contribution in [3.63, 3.8) is 0 Å². The summed E-state index contributed by atoms with van der Waals surface area (Å²) >= 11 is 0. The summed E-state index contributed by atoms with van der Waals surface area (Å²) in [6.45, 7) is 1.55. The fourth-order valence-corrected chi connectivity index (χ4v) is 9.50. The molecule has 2 heterocycles. The number of phenolic OH excluding ortho intramolecular Hbond substituents is 1. The Morgan fingerprint density at radius 3 is 2.05 bits per heavy atom. The van der Waals surface area contributed by atoms with Crippen molar-refractivity contribution in [2.45, 2.75) is 93.8 Å². The van der Waals surface area contributed by atoms with Crippen LogP contribution in [-0.2, 0) is 52.8 Å². The van der Waals surface area contributed by atoms with E-state index >= 15 is 0 Å². The number of nitrogens with two attached hydrogens (primary N) is 3. The first-order valence-electron chi connectivity index (χ1n) is 21.5. The number of aromatic nitrogens is 1. The summed E-state index contributed by atoms with van der Waals surface area (Å²) < 4.78 is 0. The van der Waals surface area contributed by atoms with Crippen molar-refractivity contribution in [3.8, 4) is 5.75 Å². The third kappa shape index (κ3) is 15.0. The third-order valence-electron chi connectivity index (χ3n) is 10.9. The summed E-state index contributed by atoms with van der Waals surface area (Å²) in [5.41, 5.74) is 20.4. The summed E-state index contributed by atoms with van der Waals surface area (Å²) in [7, 11) is 2.09. The largest absolute Gasteiger partial charge is 0.508 e. The van der Waals surface area contributed by atoms with Gasteiger partial charge in [-0.2, -0.15) is 0 Å². The second kappa shape index (κ2) is 25.0. The molecule has 5 rings (SSSR count). The number of phenols is 1. The van der Waals surface area contributed by atoms with Gasteiger partial charge in [-0.05, 0) is 74.0 Å². The molecule has 15 N–H and O–H groups in total. The second-order valence-corrected chi connectivity index (χ2v) is 18.6. The van der Waals surface area contributed by atoms with Crippen LogP contribution in [0.25, 0.3) is 10.9 Å². The van der Waals surface area contributed by atoms with Gasteiger partial charge < -0.3 is 64.3 Å². The number of aliphatic hydroxyl groups is 1. The SMILES string of the molecule is C[C@@H](O)[C@@H]1NC(=O)[C@H](CCCCN)NC(=O)[C@@H](Cc2c[nH]c3ccccc23)NC(=O)[C@H](Cc2ccc(O)cc2)NC(=O)[C@@H](NC(=O)[C@H](N)Cc2ccccc2)CSSC[C@@H](C(N)=O)NC1=O. The van der Waals surface area contributed by atoms with E-state index in [-0.39, 0.29) is 49.5 Å². The van der Waals surface area contributed by atoms with Crippen LogP contribution in [0.15, 0.2) is 85.1 Å². The van der Waals surface area contributed by atoms with Gasteiger partial charge in [0.25, 0.3) is 0 Å². The number of hydrogen-bond acceptors (Lipinski definition) is 13. The number of rotatable bonds is 14. The fraction of sp³-hybridized carbons (Fsp3) is 0.400. The summed E-state index contributed by atoms with van der Waals surface area (Å²) in [5.74, 6) is -6.03. The molecule has 19 nitrogen and oxygen atoms in total. The second-order valence-electron chi connectivity index (χ2n) is 16.0. The average Bonchev–Trinajstić information content (AvgIpc) is 3.70. The van der Waals surface area contributed by atoms with Crippen LogP contribution < -0.4 is 49.1 Å². The summed E-state index contributed by atoms with van der Waals surface area (Å²) in [4.78, 5) is 100. The first kappa shape index (κ1) is 50.9. The molecular weight excluding hydrogens is 889 g/mol. The molecule has 0 unspecified atom stereocenters. The Bertz CT molecular complexity index is 2300. The Kier molecular flexibility index (Phi) is 19.2. The number of hydrogen-bond donors (Lipinski definition) is 12. The van der Waals surface area contributed by atoms with Gasteiger partial charge in [0.15, 0.2) is 0 Å². The minimum absolute atomic E-state index is 0.0361. The molecule has 1 aromatic heterocycles. The van der Waals surface area contributed by atoms with E-state index < -0.39 is 89.7 Å². The van der Waals surface area contributed by atoms with Crippen LogP contribution in [0.2, 0.25) is 0 Å². The first-order chi connectivity index (χ1) is 31.6. The lowest BCUT2D eigenvalue weighted by atomic mass is 10.0. The first-order valence-corrected chi connectivity index (χ1v) is 24.0. The zero-order valence-electron chi connectivity index (χ0n) is 36.4. The number of H-pyrrole nitrogens is 1. The van der Waals surface area contributed by atoms with E-state index in [9.17, 15) is 43.8 Å². The molecule has 1 saturated heterocycles. The Morgan fingerprint density at radius 1 is 0.742 bits per heavy atom. The third-order valence-corrected chi connectivity index (χ3v) is 13.3. The van der Waals surface area contributed by atoms with E-state index in [1.807, 2.05) is 30.3 Å². The van der Waals surface area contributed by atoms with E-state index in [2.05, 4.69) is 36.9 Å². The molecule has 354 valence electrons. The van der Waals surface area contributed by atoms with E-state index in [1.165, 1.54) is 19.1 Å². The number of primary amides is 1. The van der Waals surface area contributed by atoms with Crippen LogP contribution in [0, 0.1) is 0 Å². The highest BCUT2D eigenvalue weighted by Gasteiger charge is 2.35. The van der Waals surface area contributed by atoms with Crippen molar-refractivity contribution in [1.29, 1.82) is 0 Å². The number of aromatic amines is 1. The quantitative estimate of drug-likeness (QED) is 0.0563. The predicted octanol–water partition coefficient (Wildman–Crippen LogP) is -0.472. The molecule has 0 spiro atoms. The number of amides is 7. The van der Waals surface area contributed by atoms with E-state index in [4.69, 9.17) is 17.2 Å². The summed E-state index contributed by atoms with van der Waals surface area (Å²) in [6, 6.07) is 13.0. The van der Waals surface area contributed by atoms with Gasteiger partial charge in [-0.3, -0.25) is 33.6 Å². The van der Waals surface area contributed by atoms with E-state index in [0.29, 0.717) is 24.0 Å². The lowest BCUT2D eigenvalue weighted by molar-refractivity contribution is -0.136. The number of fused-ring (bicyclic) bond motifs is 1. The van der Waals surface area contributed by atoms with Crippen molar-refractivity contribution >= 4 is 73.8 Å². The average molecular weight is 947 g/mol. The maximum Gasteiger partial charge on any atom is 0.245 e. The topological polar surface area (TPSA) is 326 Å². The lowest BCUT2D eigenvalue weighted by Crippen LogP contribution is -2.62. The maximum absolute atomic E-state index is 14.6. The van der Waals surface area contributed by atoms with Crippen molar-refractivity contribution < 1.29 is 43.8 Å². The van der Waals surface area contributed by atoms with Gasteiger partial charge in [-0.1, -0.05) is 82.3 Å². The van der Waals surface area contributed by atoms with Crippen LogP contribution in [0.5, 0.6) is 5.75 Å². The van der Waals surface area contributed by atoms with Gasteiger partial charge in [0, 0.05) is 41.4 Å². The van der Waals surface area contributed by atoms with Crippen LogP contribution in [0.4, 0.5) is 0 Å². The molecule has 1 aliphatic heterocycles. The van der Waals surface area contributed by atoms with Crippen LogP contribution in [0.1, 0.15) is 42.9 Å². The van der Waals surface area contributed by atoms with Crippen LogP contribution in [-0.4, -0.2) is 123 Å². The number of unbranched alkanes of at least 4 members (excludes halogenated alkanes) is 1. The van der Waals surface area contributed by atoms with Crippen molar-refractivity contribution in [2.75, 3.05) is 18.1 Å². The van der Waals surface area contributed by atoms with Crippen molar-refractivity contribution in [3.05, 3.63) is 102 Å². The molecular formula is C45H58N10O9S2. The zero-order chi connectivity index (χ0) is 47.8. The monoisotopic (exact) mass is 946 g/mol. The molecule has 7 amide bonds. The molecule has 4 aromatic rings. The van der Waals surface area contributed by atoms with Gasteiger partial charge in [-0.15, -0.1) is 0 Å². The highest BCUT2D eigenvalue weighted by molar-refractivity contribution is 8.76. The highest BCUT2D eigenvalue weighted by Crippen LogP contribution is 2.24. The Morgan fingerprint density at radius 2 is 1.36 bits per heavy atom. The van der Waals surface area contributed by atoms with E-state index in [0.717, 1.165) is 38.1 Å². The Balaban J connectivity index is 1.54. The smallest absolute Gasteiger partial charge is 0.245 e. The molecule has 1 fully saturated rings. The number of carbonyl (C=O) groups excluding carboxylic acids is 7. The number of aliphatic hydroxyl groups excluding tert-OH is 1. The molecule has 3 aromatic carbocycles. The fourth-order valence-electron chi connectivity index (χ4n) is 7.16. The minimum atomic E-state index is -1.60. The predicted molar refractivity (Wildman–Crippen MR) is 252 cm³/mol. The number of nitrogens with one attached hydrogen (secondary N) is 7. The molecule has 8 atom stereocenters. The lowest BCUT2D eigenvalue weighted by Gasteiger charge is -2.29. The number of carbonyl (C=O) groups is 7. The van der Waals surface area contributed by atoms with Gasteiger partial charge in [0.1, 0.15) is 42.0 Å². The molecule has 21 heteroatoms. The van der Waals surface area contributed by atoms with Crippen molar-refractivity contribution in [1.82, 2.24) is 36.9 Å². The molecule has 1 aliphatic rings. The van der Waals surface area contributed by atoms with Crippen LogP contribution >= 0.6 is 21.6 Å². The van der Waals surface area contributed by atoms with E-state index in [1.54, 1.807) is 42.6 Å². The summed E-state index contributed by atoms with van der Waals surface area (Å²) in [6.07, 6.45) is 1.06. The molecule has 0 radical (unpaired) electrons. The van der Waals surface area contributed by atoms with Gasteiger partial charge >= 0.3 is 0 Å². The molecule has 0 aliphatic carbocycles. The van der Waals surface area contributed by atoms with Gasteiger partial charge in [-0.25, -0.2) is 0 Å². The Labute approximate surface area is 389 Å². The van der Waals surface area contributed by atoms with Crippen molar-refractivity contribution in [2.24, 2.45) is 17.2 Å². The molecule has 0 bridgehead atoms. The summed E-state index contributed by atoms with van der Waals surface area (Å²) in [5, 5.41) is 37.5.